The van der Waals surface area contributed by atoms with Gasteiger partial charge >= 0.3 is 0 Å². The maximum absolute atomic E-state index is 13.3. The second kappa shape index (κ2) is 8.29. The lowest BCUT2D eigenvalue weighted by molar-refractivity contribution is -0.119. The summed E-state index contributed by atoms with van der Waals surface area (Å²) in [5.74, 6) is -0.196. The zero-order valence-electron chi connectivity index (χ0n) is 16.3. The molecule has 0 aliphatic carbocycles. The molecule has 0 spiro atoms. The van der Waals surface area contributed by atoms with Crippen molar-refractivity contribution in [3.8, 4) is 5.75 Å². The van der Waals surface area contributed by atoms with E-state index in [9.17, 15) is 14.0 Å². The minimum atomic E-state index is -0.487. The lowest BCUT2D eigenvalue weighted by atomic mass is 10.1. The second-order valence-corrected chi connectivity index (χ2v) is 6.93. The number of amides is 1. The standard InChI is InChI=1S/C24H19FN2O3/c1-16(28)17-7-4-9-20(12-17)27-14-18-6-2-3-11-22(18)24(27)26-23(29)15-30-21-10-5-8-19(25)13-21/h2-13H,14-15H2,1H3. The van der Waals surface area contributed by atoms with E-state index in [0.29, 0.717) is 17.9 Å². The Balaban J connectivity index is 1.62. The fraction of sp³-hybridized carbons (Fsp3) is 0.125. The van der Waals surface area contributed by atoms with Crippen molar-refractivity contribution in [2.45, 2.75) is 13.5 Å². The maximum atomic E-state index is 13.3. The number of nitrogens with zero attached hydrogens (tertiary/aromatic N) is 2. The number of ketones is 1. The van der Waals surface area contributed by atoms with Crippen LogP contribution in [0, 0.1) is 5.82 Å². The number of carbonyl (C=O) groups is 2. The van der Waals surface area contributed by atoms with E-state index in [-0.39, 0.29) is 18.1 Å². The number of anilines is 1. The Morgan fingerprint density at radius 3 is 2.63 bits per heavy atom. The Kier molecular flexibility index (Phi) is 5.39. The summed E-state index contributed by atoms with van der Waals surface area (Å²) >= 11 is 0. The van der Waals surface area contributed by atoms with E-state index in [2.05, 4.69) is 4.99 Å². The van der Waals surface area contributed by atoms with Gasteiger partial charge in [0.2, 0.25) is 0 Å². The first-order chi connectivity index (χ1) is 14.5. The maximum Gasteiger partial charge on any atom is 0.285 e. The highest BCUT2D eigenvalue weighted by Gasteiger charge is 2.27. The van der Waals surface area contributed by atoms with Crippen LogP contribution in [0.3, 0.4) is 0 Å². The summed E-state index contributed by atoms with van der Waals surface area (Å²) in [7, 11) is 0. The zero-order valence-corrected chi connectivity index (χ0v) is 16.3. The van der Waals surface area contributed by atoms with Gasteiger partial charge in [-0.15, -0.1) is 0 Å². The minimum absolute atomic E-state index is 0.0355. The van der Waals surface area contributed by atoms with Crippen molar-refractivity contribution in [2.75, 3.05) is 11.5 Å². The molecule has 1 heterocycles. The first kappa shape index (κ1) is 19.5. The van der Waals surface area contributed by atoms with Crippen LogP contribution >= 0.6 is 0 Å². The van der Waals surface area contributed by atoms with Crippen LogP contribution in [0.4, 0.5) is 10.1 Å². The van der Waals surface area contributed by atoms with E-state index in [1.165, 1.54) is 25.1 Å². The Bertz CT molecular complexity index is 1160. The van der Waals surface area contributed by atoms with Gasteiger partial charge in [-0.25, -0.2) is 4.39 Å². The van der Waals surface area contributed by atoms with E-state index >= 15 is 0 Å². The van der Waals surface area contributed by atoms with Crippen LogP contribution in [0.5, 0.6) is 5.75 Å². The van der Waals surface area contributed by atoms with Gasteiger partial charge < -0.3 is 9.64 Å². The number of Topliss-reactive ketones (excluding diaryl/α,β-unsaturated/α-hetero) is 1. The molecule has 3 aromatic carbocycles. The van der Waals surface area contributed by atoms with Crippen molar-refractivity contribution >= 4 is 23.2 Å². The summed E-state index contributed by atoms with van der Waals surface area (Å²) in [6.07, 6.45) is 0. The van der Waals surface area contributed by atoms with Crippen molar-refractivity contribution in [3.63, 3.8) is 0 Å². The number of rotatable bonds is 5. The third-order valence-electron chi connectivity index (χ3n) is 4.80. The summed E-state index contributed by atoms with van der Waals surface area (Å²) in [6, 6.07) is 20.5. The molecule has 0 aromatic heterocycles. The fourth-order valence-electron chi connectivity index (χ4n) is 3.35. The highest BCUT2D eigenvalue weighted by atomic mass is 19.1. The predicted octanol–water partition coefficient (Wildman–Crippen LogP) is 4.40. The number of hydrogen-bond donors (Lipinski definition) is 0. The van der Waals surface area contributed by atoms with E-state index < -0.39 is 11.7 Å². The van der Waals surface area contributed by atoms with E-state index in [4.69, 9.17) is 4.74 Å². The number of aliphatic imine (C=N–C) groups is 1. The van der Waals surface area contributed by atoms with Gasteiger partial charge in [0.15, 0.2) is 12.4 Å². The van der Waals surface area contributed by atoms with Gasteiger partial charge in [0.1, 0.15) is 17.4 Å². The van der Waals surface area contributed by atoms with Crippen LogP contribution < -0.4 is 9.64 Å². The third kappa shape index (κ3) is 4.12. The first-order valence-electron chi connectivity index (χ1n) is 9.48. The topological polar surface area (TPSA) is 59.0 Å². The summed E-state index contributed by atoms with van der Waals surface area (Å²) in [5.41, 5.74) is 3.24. The third-order valence-corrected chi connectivity index (χ3v) is 4.80. The predicted molar refractivity (Wildman–Crippen MR) is 113 cm³/mol. The van der Waals surface area contributed by atoms with Crippen LogP contribution in [-0.4, -0.2) is 24.1 Å². The van der Waals surface area contributed by atoms with Gasteiger partial charge in [-0.05, 0) is 36.8 Å². The minimum Gasteiger partial charge on any atom is -0.484 e. The normalized spacial score (nSPS) is 13.9. The molecule has 0 N–H and O–H groups in total. The summed E-state index contributed by atoms with van der Waals surface area (Å²) in [6.45, 7) is 1.74. The molecule has 0 bridgehead atoms. The molecule has 30 heavy (non-hydrogen) atoms. The first-order valence-corrected chi connectivity index (χ1v) is 9.48. The second-order valence-electron chi connectivity index (χ2n) is 6.93. The van der Waals surface area contributed by atoms with E-state index in [0.717, 1.165) is 16.8 Å². The Morgan fingerprint density at radius 2 is 1.83 bits per heavy atom. The molecule has 0 unspecified atom stereocenters. The monoisotopic (exact) mass is 402 g/mol. The Hall–Kier alpha value is -3.80. The number of halogens is 1. The summed E-state index contributed by atoms with van der Waals surface area (Å²) in [4.78, 5) is 30.5. The van der Waals surface area contributed by atoms with Crippen molar-refractivity contribution in [1.29, 1.82) is 0 Å². The lowest BCUT2D eigenvalue weighted by Crippen LogP contribution is -2.26. The number of carbonyl (C=O) groups excluding carboxylic acids is 2. The fourth-order valence-corrected chi connectivity index (χ4v) is 3.35. The molecule has 1 aliphatic rings. The van der Waals surface area contributed by atoms with Crippen molar-refractivity contribution in [2.24, 2.45) is 4.99 Å². The van der Waals surface area contributed by atoms with Gasteiger partial charge in [0, 0.05) is 22.9 Å². The number of ether oxygens (including phenoxy) is 1. The van der Waals surface area contributed by atoms with Gasteiger partial charge in [-0.1, -0.05) is 42.5 Å². The number of amidine groups is 1. The van der Waals surface area contributed by atoms with E-state index in [1.807, 2.05) is 41.3 Å². The van der Waals surface area contributed by atoms with Gasteiger partial charge in [-0.2, -0.15) is 4.99 Å². The largest absolute Gasteiger partial charge is 0.484 e. The molecule has 5 nitrogen and oxygen atoms in total. The van der Waals surface area contributed by atoms with Gasteiger partial charge in [0.25, 0.3) is 5.91 Å². The van der Waals surface area contributed by atoms with Crippen LogP contribution in [0.25, 0.3) is 0 Å². The Morgan fingerprint density at radius 1 is 1.03 bits per heavy atom. The molecule has 1 amide bonds. The molecule has 4 rings (SSSR count). The van der Waals surface area contributed by atoms with Crippen LogP contribution in [0.15, 0.2) is 77.8 Å². The molecule has 3 aromatic rings. The molecule has 0 saturated heterocycles. The summed E-state index contributed by atoms with van der Waals surface area (Å²) in [5, 5.41) is 0. The molecule has 1 aliphatic heterocycles. The van der Waals surface area contributed by atoms with E-state index in [1.54, 1.807) is 18.2 Å². The van der Waals surface area contributed by atoms with Gasteiger partial charge in [0.05, 0.1) is 6.54 Å². The average Bonchev–Trinajstić information content (AvgIpc) is 3.11. The Labute approximate surface area is 173 Å². The van der Waals surface area contributed by atoms with Crippen molar-refractivity contribution < 1.29 is 18.7 Å². The number of hydrogen-bond acceptors (Lipinski definition) is 3. The van der Waals surface area contributed by atoms with Crippen molar-refractivity contribution in [3.05, 3.63) is 95.3 Å². The zero-order chi connectivity index (χ0) is 21.1. The van der Waals surface area contributed by atoms with Gasteiger partial charge in [-0.3, -0.25) is 9.59 Å². The molecule has 6 heteroatoms. The molecule has 0 saturated carbocycles. The highest BCUT2D eigenvalue weighted by Crippen LogP contribution is 2.29. The quantitative estimate of drug-likeness (QED) is 0.594. The van der Waals surface area contributed by atoms with Crippen LogP contribution in [0.1, 0.15) is 28.4 Å². The molecule has 0 radical (unpaired) electrons. The number of benzene rings is 3. The van der Waals surface area contributed by atoms with Crippen molar-refractivity contribution in [1.82, 2.24) is 0 Å². The molecule has 0 atom stereocenters. The highest BCUT2D eigenvalue weighted by molar-refractivity contribution is 6.17. The summed E-state index contributed by atoms with van der Waals surface area (Å²) < 4.78 is 18.7. The molecular weight excluding hydrogens is 383 g/mol. The molecule has 0 fully saturated rings. The molecular formula is C24H19FN2O3. The smallest absolute Gasteiger partial charge is 0.285 e. The average molecular weight is 402 g/mol. The van der Waals surface area contributed by atoms with Crippen LogP contribution in [0.2, 0.25) is 0 Å². The number of fused-ring (bicyclic) bond motifs is 1. The molecule has 150 valence electrons. The SMILES string of the molecule is CC(=O)c1cccc(N2Cc3ccccc3C2=NC(=O)COc2cccc(F)c2)c1. The lowest BCUT2D eigenvalue weighted by Gasteiger charge is -2.19. The van der Waals surface area contributed by atoms with Crippen LogP contribution in [-0.2, 0) is 11.3 Å².